The van der Waals surface area contributed by atoms with Gasteiger partial charge in [-0.1, -0.05) is 0 Å². The van der Waals surface area contributed by atoms with Crippen molar-refractivity contribution in [3.63, 3.8) is 0 Å². The minimum Gasteiger partial charge on any atom is -0.465 e. The summed E-state index contributed by atoms with van der Waals surface area (Å²) in [5.74, 6) is 1.81. The van der Waals surface area contributed by atoms with Gasteiger partial charge in [0.1, 0.15) is 12.2 Å². The third kappa shape index (κ3) is 4.93. The molecule has 1 atom stereocenters. The molecule has 0 spiro atoms. The van der Waals surface area contributed by atoms with Gasteiger partial charge in [-0.15, -0.1) is 10.2 Å². The molecule has 29 heavy (non-hydrogen) atoms. The van der Waals surface area contributed by atoms with Crippen molar-refractivity contribution in [1.82, 2.24) is 19.7 Å². The molecule has 2 aromatic rings. The number of urea groups is 1. The molecule has 1 aliphatic heterocycles. The molecular weight excluding hydrogens is 370 g/mol. The zero-order valence-electron chi connectivity index (χ0n) is 16.7. The summed E-state index contributed by atoms with van der Waals surface area (Å²) in [6, 6.07) is 6.61. The van der Waals surface area contributed by atoms with Crippen LogP contribution < -0.4 is 5.32 Å². The second-order valence-electron chi connectivity index (χ2n) is 8.00. The number of anilines is 1. The predicted molar refractivity (Wildman–Crippen MR) is 108 cm³/mol. The molecule has 2 amide bonds. The van der Waals surface area contributed by atoms with Crippen LogP contribution in [0.3, 0.4) is 0 Å². The molecule has 1 unspecified atom stereocenters. The van der Waals surface area contributed by atoms with Gasteiger partial charge in [-0.3, -0.25) is 0 Å². The van der Waals surface area contributed by atoms with E-state index in [0.717, 1.165) is 44.1 Å². The maximum atomic E-state index is 12.7. The van der Waals surface area contributed by atoms with Gasteiger partial charge in [0.25, 0.3) is 0 Å². The Morgan fingerprint density at radius 2 is 1.97 bits per heavy atom. The minimum absolute atomic E-state index is 0.111. The second-order valence-corrected chi connectivity index (χ2v) is 8.00. The van der Waals surface area contributed by atoms with Crippen molar-refractivity contribution in [1.29, 1.82) is 0 Å². The summed E-state index contributed by atoms with van der Waals surface area (Å²) in [5.41, 5.74) is 1.12. The van der Waals surface area contributed by atoms with Gasteiger partial charge >= 0.3 is 12.0 Å². The van der Waals surface area contributed by atoms with E-state index in [2.05, 4.69) is 20.1 Å². The fourth-order valence-corrected chi connectivity index (χ4v) is 3.85. The monoisotopic (exact) mass is 397 g/mol. The number of carbonyl (C=O) groups excluding carboxylic acids is 2. The molecule has 4 rings (SSSR count). The average Bonchev–Trinajstić information content (AvgIpc) is 3.46. The third-order valence-corrected chi connectivity index (χ3v) is 5.68. The number of benzene rings is 1. The molecule has 1 saturated carbocycles. The van der Waals surface area contributed by atoms with Crippen LogP contribution in [0.15, 0.2) is 30.6 Å². The highest BCUT2D eigenvalue weighted by Crippen LogP contribution is 2.31. The Hall–Kier alpha value is -2.90. The van der Waals surface area contributed by atoms with Crippen LogP contribution in [0, 0.1) is 11.8 Å². The van der Waals surface area contributed by atoms with Crippen LogP contribution in [0.5, 0.6) is 0 Å². The van der Waals surface area contributed by atoms with E-state index in [1.165, 1.54) is 20.0 Å². The van der Waals surface area contributed by atoms with E-state index in [0.29, 0.717) is 23.7 Å². The molecule has 0 radical (unpaired) electrons. The Kier molecular flexibility index (Phi) is 5.78. The molecule has 8 nitrogen and oxygen atoms in total. The first kappa shape index (κ1) is 19.4. The Morgan fingerprint density at radius 1 is 1.17 bits per heavy atom. The molecular formula is C21H27N5O3. The number of amides is 2. The van der Waals surface area contributed by atoms with E-state index in [1.807, 2.05) is 11.2 Å². The first-order valence-corrected chi connectivity index (χ1v) is 10.2. The quantitative estimate of drug-likeness (QED) is 0.757. The van der Waals surface area contributed by atoms with Crippen LogP contribution >= 0.6 is 0 Å². The number of nitrogens with zero attached hydrogens (tertiary/aromatic N) is 4. The van der Waals surface area contributed by atoms with Crippen molar-refractivity contribution in [2.45, 2.75) is 38.6 Å². The number of aromatic nitrogens is 3. The van der Waals surface area contributed by atoms with Gasteiger partial charge in [0, 0.05) is 31.7 Å². The SMILES string of the molecule is COC(=O)c1ccc(NC(=O)N2CCCC(Cc3nncn3CC3CC3)C2)cc1. The van der Waals surface area contributed by atoms with E-state index in [-0.39, 0.29) is 6.03 Å². The predicted octanol–water partition coefficient (Wildman–Crippen LogP) is 2.96. The molecule has 2 heterocycles. The summed E-state index contributed by atoms with van der Waals surface area (Å²) < 4.78 is 6.87. The van der Waals surface area contributed by atoms with Gasteiger partial charge in [0.05, 0.1) is 12.7 Å². The third-order valence-electron chi connectivity index (χ3n) is 5.68. The summed E-state index contributed by atoms with van der Waals surface area (Å²) in [7, 11) is 1.35. The van der Waals surface area contributed by atoms with Crippen LogP contribution in [0.1, 0.15) is 41.9 Å². The van der Waals surface area contributed by atoms with E-state index in [4.69, 9.17) is 4.74 Å². The topological polar surface area (TPSA) is 89.3 Å². The van der Waals surface area contributed by atoms with Gasteiger partial charge in [0.15, 0.2) is 0 Å². The fourth-order valence-electron chi connectivity index (χ4n) is 3.85. The highest BCUT2D eigenvalue weighted by atomic mass is 16.5. The number of ether oxygens (including phenoxy) is 1. The average molecular weight is 397 g/mol. The van der Waals surface area contributed by atoms with Gasteiger partial charge in [0.2, 0.25) is 0 Å². The van der Waals surface area contributed by atoms with Gasteiger partial charge in [-0.05, 0) is 61.8 Å². The second kappa shape index (κ2) is 8.63. The number of likely N-dealkylation sites (tertiary alicyclic amines) is 1. The number of carbonyl (C=O) groups is 2. The van der Waals surface area contributed by atoms with Gasteiger partial charge in [-0.2, -0.15) is 0 Å². The lowest BCUT2D eigenvalue weighted by Crippen LogP contribution is -2.43. The lowest BCUT2D eigenvalue weighted by molar-refractivity contribution is 0.0600. The molecule has 1 aliphatic carbocycles. The molecule has 1 N–H and O–H groups in total. The van der Waals surface area contributed by atoms with E-state index < -0.39 is 5.97 Å². The first-order valence-electron chi connectivity index (χ1n) is 10.2. The van der Waals surface area contributed by atoms with Gasteiger partial charge < -0.3 is 19.5 Å². The highest BCUT2D eigenvalue weighted by molar-refractivity contribution is 5.92. The van der Waals surface area contributed by atoms with Crippen molar-refractivity contribution >= 4 is 17.7 Å². The maximum Gasteiger partial charge on any atom is 0.337 e. The maximum absolute atomic E-state index is 12.7. The number of esters is 1. The van der Waals surface area contributed by atoms with Crippen molar-refractivity contribution in [3.8, 4) is 0 Å². The Labute approximate surface area is 170 Å². The number of hydrogen-bond acceptors (Lipinski definition) is 5. The van der Waals surface area contributed by atoms with Crippen molar-refractivity contribution in [2.75, 3.05) is 25.5 Å². The minimum atomic E-state index is -0.392. The summed E-state index contributed by atoms with van der Waals surface area (Å²) in [6.45, 7) is 2.47. The fraction of sp³-hybridized carbons (Fsp3) is 0.524. The molecule has 1 saturated heterocycles. The molecule has 2 fully saturated rings. The normalized spacial score (nSPS) is 19.1. The summed E-state index contributed by atoms with van der Waals surface area (Å²) in [6.07, 6.45) is 7.36. The summed E-state index contributed by atoms with van der Waals surface area (Å²) in [5, 5.41) is 11.3. The number of rotatable bonds is 6. The zero-order chi connectivity index (χ0) is 20.2. The van der Waals surface area contributed by atoms with Crippen molar-refractivity contribution in [3.05, 3.63) is 42.0 Å². The molecule has 8 heteroatoms. The molecule has 1 aromatic carbocycles. The van der Waals surface area contributed by atoms with Crippen LogP contribution in [0.4, 0.5) is 10.5 Å². The number of nitrogens with one attached hydrogen (secondary N) is 1. The van der Waals surface area contributed by atoms with Gasteiger partial charge in [-0.25, -0.2) is 9.59 Å². The Bertz CT molecular complexity index is 859. The molecule has 154 valence electrons. The Balaban J connectivity index is 1.32. The smallest absolute Gasteiger partial charge is 0.337 e. The van der Waals surface area contributed by atoms with Crippen molar-refractivity contribution < 1.29 is 14.3 Å². The van der Waals surface area contributed by atoms with Crippen molar-refractivity contribution in [2.24, 2.45) is 11.8 Å². The van der Waals surface area contributed by atoms with E-state index in [1.54, 1.807) is 24.3 Å². The largest absolute Gasteiger partial charge is 0.465 e. The Morgan fingerprint density at radius 3 is 2.69 bits per heavy atom. The van der Waals surface area contributed by atoms with E-state index in [9.17, 15) is 9.59 Å². The van der Waals surface area contributed by atoms with Crippen LogP contribution in [-0.2, 0) is 17.7 Å². The van der Waals surface area contributed by atoms with Crippen LogP contribution in [0.25, 0.3) is 0 Å². The summed E-state index contributed by atoms with van der Waals surface area (Å²) in [4.78, 5) is 26.1. The van der Waals surface area contributed by atoms with Crippen LogP contribution in [0.2, 0.25) is 0 Å². The first-order chi connectivity index (χ1) is 14.1. The van der Waals surface area contributed by atoms with E-state index >= 15 is 0 Å². The zero-order valence-corrected chi connectivity index (χ0v) is 16.7. The number of hydrogen-bond donors (Lipinski definition) is 1. The van der Waals surface area contributed by atoms with Crippen LogP contribution in [-0.4, -0.2) is 51.9 Å². The highest BCUT2D eigenvalue weighted by Gasteiger charge is 2.27. The summed E-state index contributed by atoms with van der Waals surface area (Å²) >= 11 is 0. The lowest BCUT2D eigenvalue weighted by atomic mass is 9.94. The molecule has 2 aliphatic rings. The molecule has 1 aromatic heterocycles. The lowest BCUT2D eigenvalue weighted by Gasteiger charge is -2.32. The number of methoxy groups -OCH3 is 1. The molecule has 0 bridgehead atoms. The standard InChI is InChI=1S/C21H27N5O3/c1-29-20(27)17-6-8-18(9-7-17)23-21(28)25-10-2-3-16(13-25)11-19-24-22-14-26(19)12-15-4-5-15/h6-9,14-16H,2-5,10-13H2,1H3,(H,23,28). The number of piperidine rings is 1.